The van der Waals surface area contributed by atoms with Crippen molar-refractivity contribution in [1.82, 2.24) is 10.2 Å². The standard InChI is InChI=1S/C15H15F5N2O2/c1-8(23)21-9-5-6-12(15(18,19)20)22(7-9)14(24)10-3-2-4-11(16)13(10)17/h2-4,9,12H,5-7H2,1H3,(H,21,23). The van der Waals surface area contributed by atoms with Crippen LogP contribution in [0.5, 0.6) is 0 Å². The van der Waals surface area contributed by atoms with Crippen LogP contribution in [-0.4, -0.2) is 41.5 Å². The van der Waals surface area contributed by atoms with E-state index in [4.69, 9.17) is 0 Å². The highest BCUT2D eigenvalue weighted by molar-refractivity contribution is 5.95. The number of carbonyl (C=O) groups excluding carboxylic acids is 2. The molecule has 1 heterocycles. The molecule has 1 aliphatic rings. The Morgan fingerprint density at radius 3 is 2.46 bits per heavy atom. The number of nitrogens with zero attached hydrogens (tertiary/aromatic N) is 1. The van der Waals surface area contributed by atoms with Crippen LogP contribution in [0.1, 0.15) is 30.1 Å². The first-order chi connectivity index (χ1) is 11.1. The molecule has 0 aliphatic carbocycles. The van der Waals surface area contributed by atoms with Crippen LogP contribution in [0.15, 0.2) is 18.2 Å². The Bertz CT molecular complexity index is 647. The maximum atomic E-state index is 13.8. The number of nitrogens with one attached hydrogen (secondary N) is 1. The van der Waals surface area contributed by atoms with Crippen molar-refractivity contribution < 1.29 is 31.5 Å². The highest BCUT2D eigenvalue weighted by Crippen LogP contribution is 2.33. The lowest BCUT2D eigenvalue weighted by Gasteiger charge is -2.40. The second-order valence-electron chi connectivity index (χ2n) is 5.59. The van der Waals surface area contributed by atoms with E-state index in [2.05, 4.69) is 5.32 Å². The molecule has 1 saturated heterocycles. The molecule has 132 valence electrons. The quantitative estimate of drug-likeness (QED) is 0.834. The molecule has 2 amide bonds. The van der Waals surface area contributed by atoms with Gasteiger partial charge in [-0.3, -0.25) is 9.59 Å². The van der Waals surface area contributed by atoms with Crippen LogP contribution < -0.4 is 5.32 Å². The van der Waals surface area contributed by atoms with E-state index in [1.165, 1.54) is 6.92 Å². The molecule has 1 aliphatic heterocycles. The lowest BCUT2D eigenvalue weighted by molar-refractivity contribution is -0.184. The van der Waals surface area contributed by atoms with Crippen LogP contribution in [0.2, 0.25) is 0 Å². The van der Waals surface area contributed by atoms with Crippen LogP contribution in [0.25, 0.3) is 0 Å². The zero-order chi connectivity index (χ0) is 18.1. The van der Waals surface area contributed by atoms with Gasteiger partial charge in [0.2, 0.25) is 5.91 Å². The molecule has 1 fully saturated rings. The number of likely N-dealkylation sites (tertiary alicyclic amines) is 1. The van der Waals surface area contributed by atoms with Crippen LogP contribution in [0, 0.1) is 11.6 Å². The van der Waals surface area contributed by atoms with E-state index in [1.807, 2.05) is 0 Å². The van der Waals surface area contributed by atoms with E-state index in [0.717, 1.165) is 18.2 Å². The summed E-state index contributed by atoms with van der Waals surface area (Å²) in [6.07, 6.45) is -5.11. The average molecular weight is 350 g/mol. The zero-order valence-corrected chi connectivity index (χ0v) is 12.7. The van der Waals surface area contributed by atoms with Gasteiger partial charge >= 0.3 is 6.18 Å². The molecule has 9 heteroatoms. The van der Waals surface area contributed by atoms with Gasteiger partial charge in [-0.1, -0.05) is 6.07 Å². The number of carbonyl (C=O) groups is 2. The summed E-state index contributed by atoms with van der Waals surface area (Å²) in [5, 5.41) is 2.45. The summed E-state index contributed by atoms with van der Waals surface area (Å²) in [4.78, 5) is 23.9. The summed E-state index contributed by atoms with van der Waals surface area (Å²) in [6, 6.07) is -0.0528. The molecule has 0 saturated carbocycles. The average Bonchev–Trinajstić information content (AvgIpc) is 2.47. The number of benzene rings is 1. The van der Waals surface area contributed by atoms with Gasteiger partial charge < -0.3 is 10.2 Å². The molecule has 0 bridgehead atoms. The lowest BCUT2D eigenvalue weighted by Crippen LogP contribution is -2.58. The number of halogens is 5. The highest BCUT2D eigenvalue weighted by atomic mass is 19.4. The Hall–Kier alpha value is -2.19. The Morgan fingerprint density at radius 1 is 1.21 bits per heavy atom. The monoisotopic (exact) mass is 350 g/mol. The minimum absolute atomic E-state index is 0.0270. The van der Waals surface area contributed by atoms with E-state index >= 15 is 0 Å². The maximum Gasteiger partial charge on any atom is 0.408 e. The summed E-state index contributed by atoms with van der Waals surface area (Å²) in [7, 11) is 0. The van der Waals surface area contributed by atoms with Crippen molar-refractivity contribution in [3.8, 4) is 0 Å². The molecule has 2 rings (SSSR count). The molecule has 0 radical (unpaired) electrons. The van der Waals surface area contributed by atoms with Gasteiger partial charge in [-0.05, 0) is 25.0 Å². The van der Waals surface area contributed by atoms with E-state index in [-0.39, 0.29) is 6.42 Å². The molecule has 0 aromatic heterocycles. The normalized spacial score (nSPS) is 21.5. The fourth-order valence-electron chi connectivity index (χ4n) is 2.76. The van der Waals surface area contributed by atoms with Gasteiger partial charge in [-0.25, -0.2) is 8.78 Å². The molecule has 1 N–H and O–H groups in total. The molecule has 24 heavy (non-hydrogen) atoms. The Labute approximate surface area is 134 Å². The van der Waals surface area contributed by atoms with Crippen LogP contribution >= 0.6 is 0 Å². The topological polar surface area (TPSA) is 49.4 Å². The number of hydrogen-bond donors (Lipinski definition) is 1. The predicted molar refractivity (Wildman–Crippen MR) is 74.1 cm³/mol. The van der Waals surface area contributed by atoms with Crippen LogP contribution in [0.4, 0.5) is 22.0 Å². The van der Waals surface area contributed by atoms with Crippen molar-refractivity contribution in [3.05, 3.63) is 35.4 Å². The summed E-state index contributed by atoms with van der Waals surface area (Å²) in [5.41, 5.74) is -0.771. The number of alkyl halides is 3. The lowest BCUT2D eigenvalue weighted by atomic mass is 9.96. The molecule has 2 unspecified atom stereocenters. The molecule has 2 atom stereocenters. The highest BCUT2D eigenvalue weighted by Gasteiger charge is 2.48. The zero-order valence-electron chi connectivity index (χ0n) is 12.7. The first kappa shape index (κ1) is 18.2. The summed E-state index contributed by atoms with van der Waals surface area (Å²) in [5.74, 6) is -4.52. The number of amides is 2. The van der Waals surface area contributed by atoms with Crippen molar-refractivity contribution in [2.45, 2.75) is 38.0 Å². The van der Waals surface area contributed by atoms with Gasteiger partial charge in [-0.2, -0.15) is 13.2 Å². The Balaban J connectivity index is 2.34. The fourth-order valence-corrected chi connectivity index (χ4v) is 2.76. The Morgan fingerprint density at radius 2 is 1.88 bits per heavy atom. The van der Waals surface area contributed by atoms with Crippen molar-refractivity contribution in [2.24, 2.45) is 0 Å². The Kier molecular flexibility index (Phi) is 5.10. The summed E-state index contributed by atoms with van der Waals surface area (Å²) in [6.45, 7) is 0.771. The second kappa shape index (κ2) is 6.74. The third-order valence-corrected chi connectivity index (χ3v) is 3.81. The smallest absolute Gasteiger partial charge is 0.352 e. The first-order valence-corrected chi connectivity index (χ1v) is 7.20. The van der Waals surface area contributed by atoms with E-state index in [9.17, 15) is 31.5 Å². The summed E-state index contributed by atoms with van der Waals surface area (Å²) < 4.78 is 66.6. The molecule has 1 aromatic carbocycles. The number of hydrogen-bond acceptors (Lipinski definition) is 2. The molecule has 4 nitrogen and oxygen atoms in total. The second-order valence-corrected chi connectivity index (χ2v) is 5.59. The van der Waals surface area contributed by atoms with E-state index in [0.29, 0.717) is 4.90 Å². The van der Waals surface area contributed by atoms with Crippen LogP contribution in [0.3, 0.4) is 0 Å². The van der Waals surface area contributed by atoms with Gasteiger partial charge in [0, 0.05) is 19.5 Å². The molecule has 1 aromatic rings. The fraction of sp³-hybridized carbons (Fsp3) is 0.467. The van der Waals surface area contributed by atoms with Gasteiger partial charge in [0.15, 0.2) is 11.6 Å². The maximum absolute atomic E-state index is 13.8. The van der Waals surface area contributed by atoms with Crippen molar-refractivity contribution in [1.29, 1.82) is 0 Å². The third-order valence-electron chi connectivity index (χ3n) is 3.81. The van der Waals surface area contributed by atoms with Gasteiger partial charge in [0.1, 0.15) is 6.04 Å². The van der Waals surface area contributed by atoms with E-state index < -0.39 is 60.2 Å². The van der Waals surface area contributed by atoms with Gasteiger partial charge in [-0.15, -0.1) is 0 Å². The van der Waals surface area contributed by atoms with Crippen molar-refractivity contribution in [2.75, 3.05) is 6.54 Å². The molecular formula is C15H15F5N2O2. The molecular weight excluding hydrogens is 335 g/mol. The summed E-state index contributed by atoms with van der Waals surface area (Å²) >= 11 is 0. The van der Waals surface area contributed by atoms with Gasteiger partial charge in [0.25, 0.3) is 5.91 Å². The number of rotatable bonds is 2. The predicted octanol–water partition coefficient (Wildman–Crippen LogP) is 2.64. The van der Waals surface area contributed by atoms with Gasteiger partial charge in [0.05, 0.1) is 5.56 Å². The van der Waals surface area contributed by atoms with Crippen molar-refractivity contribution >= 4 is 11.8 Å². The number of piperidine rings is 1. The van der Waals surface area contributed by atoms with Crippen LogP contribution in [-0.2, 0) is 4.79 Å². The third kappa shape index (κ3) is 3.82. The van der Waals surface area contributed by atoms with Crippen molar-refractivity contribution in [3.63, 3.8) is 0 Å². The SMILES string of the molecule is CC(=O)NC1CCC(C(F)(F)F)N(C(=O)c2cccc(F)c2F)C1. The largest absolute Gasteiger partial charge is 0.408 e. The van der Waals surface area contributed by atoms with E-state index in [1.54, 1.807) is 0 Å². The first-order valence-electron chi connectivity index (χ1n) is 7.20. The molecule has 0 spiro atoms. The minimum Gasteiger partial charge on any atom is -0.352 e. The minimum atomic E-state index is -4.71.